The molecule has 220 valence electrons. The fourth-order valence-corrected chi connectivity index (χ4v) is 6.50. The first-order chi connectivity index (χ1) is 19.8. The Morgan fingerprint density at radius 1 is 1.10 bits per heavy atom. The summed E-state index contributed by atoms with van der Waals surface area (Å²) in [5, 5.41) is 7.89. The highest BCUT2D eigenvalue weighted by molar-refractivity contribution is 7.12. The third kappa shape index (κ3) is 7.05. The van der Waals surface area contributed by atoms with E-state index in [1.165, 1.54) is 43.4 Å². The van der Waals surface area contributed by atoms with Crippen LogP contribution in [0.3, 0.4) is 0 Å². The van der Waals surface area contributed by atoms with E-state index in [-0.39, 0.29) is 11.7 Å². The molecule has 1 aromatic carbocycles. The quantitative estimate of drug-likeness (QED) is 0.256. The number of rotatable bonds is 10. The zero-order valence-corrected chi connectivity index (χ0v) is 24.2. The lowest BCUT2D eigenvalue weighted by molar-refractivity contribution is -0.0493. The standard InChI is InChI=1S/C29H37F2N7O2S/c1-18-17-33-29(36-27(18)34-23-12-15-41-25(23)26(32)39)35-22-9-8-21(16-24(22)40-28(30)31)38-13-10-20(11-14-38)37(2)19-6-4-3-5-7-19/h8-9,12,15-17,19-20,28H,3-7,10-11,13-14H2,1-2H3,(H2,32,39)(H2,33,34,35,36). The Balaban J connectivity index is 1.29. The van der Waals surface area contributed by atoms with Crippen molar-refractivity contribution in [2.24, 2.45) is 5.73 Å². The van der Waals surface area contributed by atoms with Crippen LogP contribution in [0, 0.1) is 6.92 Å². The molecule has 0 spiro atoms. The predicted molar refractivity (Wildman–Crippen MR) is 159 cm³/mol. The second-order valence-corrected chi connectivity index (χ2v) is 11.7. The highest BCUT2D eigenvalue weighted by atomic mass is 32.1. The molecule has 2 fully saturated rings. The number of benzene rings is 1. The number of hydrogen-bond donors (Lipinski definition) is 3. The van der Waals surface area contributed by atoms with Crippen LogP contribution in [0.5, 0.6) is 5.75 Å². The zero-order chi connectivity index (χ0) is 28.9. The molecule has 1 amide bonds. The van der Waals surface area contributed by atoms with Crippen LogP contribution < -0.4 is 26.0 Å². The van der Waals surface area contributed by atoms with Crippen LogP contribution in [0.25, 0.3) is 0 Å². The lowest BCUT2D eigenvalue weighted by Crippen LogP contribution is -2.47. The largest absolute Gasteiger partial charge is 0.433 e. The molecule has 2 aromatic heterocycles. The number of anilines is 5. The maximum Gasteiger partial charge on any atom is 0.387 e. The number of nitrogens with zero attached hydrogens (tertiary/aromatic N) is 4. The van der Waals surface area contributed by atoms with Crippen molar-refractivity contribution >= 4 is 46.1 Å². The fourth-order valence-electron chi connectivity index (χ4n) is 5.80. The second-order valence-electron chi connectivity index (χ2n) is 10.7. The van der Waals surface area contributed by atoms with Gasteiger partial charge < -0.3 is 30.9 Å². The average molecular weight is 586 g/mol. The summed E-state index contributed by atoms with van der Waals surface area (Å²) in [6.07, 6.45) is 10.2. The summed E-state index contributed by atoms with van der Waals surface area (Å²) in [7, 11) is 2.26. The van der Waals surface area contributed by atoms with Gasteiger partial charge in [-0.05, 0) is 63.2 Å². The van der Waals surface area contributed by atoms with Crippen molar-refractivity contribution in [3.63, 3.8) is 0 Å². The highest BCUT2D eigenvalue weighted by Gasteiger charge is 2.28. The normalized spacial score (nSPS) is 16.8. The number of carbonyl (C=O) groups is 1. The average Bonchev–Trinajstić information content (AvgIpc) is 3.44. The van der Waals surface area contributed by atoms with Crippen molar-refractivity contribution < 1.29 is 18.3 Å². The number of halogens is 2. The van der Waals surface area contributed by atoms with Crippen molar-refractivity contribution in [3.8, 4) is 5.75 Å². The molecular formula is C29H37F2N7O2S. The Morgan fingerprint density at radius 3 is 2.54 bits per heavy atom. The van der Waals surface area contributed by atoms with Gasteiger partial charge in [0, 0.05) is 48.7 Å². The Bertz CT molecular complexity index is 1340. The van der Waals surface area contributed by atoms with E-state index in [1.54, 1.807) is 29.8 Å². The first kappa shape index (κ1) is 29.0. The molecule has 0 bridgehead atoms. The summed E-state index contributed by atoms with van der Waals surface area (Å²) in [5.41, 5.74) is 7.89. The molecule has 4 N–H and O–H groups in total. The molecule has 5 rings (SSSR count). The number of amides is 1. The number of primary amides is 1. The number of piperidine rings is 1. The summed E-state index contributed by atoms with van der Waals surface area (Å²) in [5.74, 6) is 0.123. The van der Waals surface area contributed by atoms with E-state index in [4.69, 9.17) is 10.5 Å². The van der Waals surface area contributed by atoms with E-state index in [0.717, 1.165) is 37.2 Å². The first-order valence-corrected chi connectivity index (χ1v) is 15.0. The van der Waals surface area contributed by atoms with E-state index in [9.17, 15) is 13.6 Å². The minimum Gasteiger partial charge on any atom is -0.433 e. The molecule has 1 aliphatic heterocycles. The van der Waals surface area contributed by atoms with Crippen LogP contribution in [-0.2, 0) is 0 Å². The Kier molecular flexibility index (Phi) is 9.19. The fraction of sp³-hybridized carbons (Fsp3) is 0.483. The monoisotopic (exact) mass is 585 g/mol. The van der Waals surface area contributed by atoms with Gasteiger partial charge in [-0.1, -0.05) is 19.3 Å². The van der Waals surface area contributed by atoms with Gasteiger partial charge in [0.15, 0.2) is 5.75 Å². The van der Waals surface area contributed by atoms with Crippen molar-refractivity contribution in [1.82, 2.24) is 14.9 Å². The number of ether oxygens (including phenoxy) is 1. The van der Waals surface area contributed by atoms with Crippen LogP contribution >= 0.6 is 11.3 Å². The Hall–Kier alpha value is -3.51. The molecule has 9 nitrogen and oxygen atoms in total. The molecule has 1 saturated carbocycles. The molecule has 3 heterocycles. The van der Waals surface area contributed by atoms with Gasteiger partial charge in [-0.3, -0.25) is 4.79 Å². The predicted octanol–water partition coefficient (Wildman–Crippen LogP) is 6.27. The van der Waals surface area contributed by atoms with Crippen molar-refractivity contribution in [3.05, 3.63) is 46.3 Å². The maximum atomic E-state index is 13.4. The van der Waals surface area contributed by atoms with Crippen LogP contribution in [0.4, 0.5) is 37.6 Å². The number of aromatic nitrogens is 2. The maximum absolute atomic E-state index is 13.4. The lowest BCUT2D eigenvalue weighted by atomic mass is 9.92. The van der Waals surface area contributed by atoms with Gasteiger partial charge in [-0.15, -0.1) is 11.3 Å². The summed E-state index contributed by atoms with van der Waals surface area (Å²) < 4.78 is 31.7. The van der Waals surface area contributed by atoms with Crippen molar-refractivity contribution in [1.29, 1.82) is 0 Å². The van der Waals surface area contributed by atoms with E-state index in [0.29, 0.717) is 34.2 Å². The molecule has 12 heteroatoms. The second kappa shape index (κ2) is 13.0. The zero-order valence-electron chi connectivity index (χ0n) is 23.4. The summed E-state index contributed by atoms with van der Waals surface area (Å²) >= 11 is 1.23. The molecule has 1 saturated heterocycles. The third-order valence-corrected chi connectivity index (χ3v) is 9.03. The van der Waals surface area contributed by atoms with Gasteiger partial charge in [0.2, 0.25) is 5.95 Å². The topological polar surface area (TPSA) is 109 Å². The number of nitrogens with two attached hydrogens (primary N) is 1. The van der Waals surface area contributed by atoms with E-state index >= 15 is 0 Å². The molecule has 3 aromatic rings. The molecule has 0 unspecified atom stereocenters. The van der Waals surface area contributed by atoms with Gasteiger partial charge in [-0.2, -0.15) is 13.8 Å². The van der Waals surface area contributed by atoms with Crippen LogP contribution in [0.1, 0.15) is 60.2 Å². The Morgan fingerprint density at radius 2 is 1.83 bits per heavy atom. The summed E-state index contributed by atoms with van der Waals surface area (Å²) in [4.78, 5) is 25.7. The first-order valence-electron chi connectivity index (χ1n) is 14.1. The molecule has 1 aliphatic carbocycles. The number of hydrogen-bond acceptors (Lipinski definition) is 9. The van der Waals surface area contributed by atoms with Gasteiger partial charge in [0.1, 0.15) is 10.7 Å². The summed E-state index contributed by atoms with van der Waals surface area (Å²) in [6, 6.07) is 8.23. The molecule has 2 aliphatic rings. The summed E-state index contributed by atoms with van der Waals surface area (Å²) in [6.45, 7) is 0.546. The molecule has 0 radical (unpaired) electrons. The van der Waals surface area contributed by atoms with E-state index in [1.807, 2.05) is 13.0 Å². The molecule has 41 heavy (non-hydrogen) atoms. The number of nitrogens with one attached hydrogen (secondary N) is 2. The van der Waals surface area contributed by atoms with Gasteiger partial charge >= 0.3 is 6.61 Å². The lowest BCUT2D eigenvalue weighted by Gasteiger charge is -2.42. The van der Waals surface area contributed by atoms with Gasteiger partial charge in [0.25, 0.3) is 5.91 Å². The SMILES string of the molecule is Cc1cnc(Nc2ccc(N3CCC(N(C)C4CCCCC4)CC3)cc2OC(F)F)nc1Nc1ccsc1C(N)=O. The number of thiophene rings is 1. The van der Waals surface area contributed by atoms with Crippen LogP contribution in [0.15, 0.2) is 35.8 Å². The van der Waals surface area contributed by atoms with Crippen molar-refractivity contribution in [2.45, 2.75) is 70.6 Å². The van der Waals surface area contributed by atoms with E-state index < -0.39 is 12.5 Å². The van der Waals surface area contributed by atoms with Gasteiger partial charge in [0.05, 0.1) is 11.4 Å². The number of carbonyl (C=O) groups excluding carboxylic acids is 1. The Labute approximate surface area is 243 Å². The third-order valence-electron chi connectivity index (χ3n) is 8.10. The van der Waals surface area contributed by atoms with E-state index in [2.05, 4.69) is 37.4 Å². The number of alkyl halides is 2. The number of aryl methyl sites for hydroxylation is 1. The molecular weight excluding hydrogens is 548 g/mol. The van der Waals surface area contributed by atoms with Crippen molar-refractivity contribution in [2.75, 3.05) is 35.7 Å². The van der Waals surface area contributed by atoms with Crippen LogP contribution in [-0.4, -0.2) is 59.6 Å². The van der Waals surface area contributed by atoms with Gasteiger partial charge in [-0.25, -0.2) is 4.98 Å². The van der Waals surface area contributed by atoms with Crippen LogP contribution in [0.2, 0.25) is 0 Å². The minimum atomic E-state index is -2.98. The smallest absolute Gasteiger partial charge is 0.387 e. The molecule has 0 atom stereocenters. The minimum absolute atomic E-state index is 0.0199. The highest BCUT2D eigenvalue weighted by Crippen LogP contribution is 2.35.